The minimum atomic E-state index is -4.44. The van der Waals surface area contributed by atoms with Crippen LogP contribution in [-0.2, 0) is 52.5 Å². The quantitative estimate of drug-likeness (QED) is 0.0589. The maximum Gasteiger partial charge on any atom is 0.397 e. The smallest absolute Gasteiger partial charge is 0.379 e. The molecule has 0 saturated carbocycles. The summed E-state index contributed by atoms with van der Waals surface area (Å²) < 4.78 is 79.5. The monoisotopic (exact) mass is 702 g/mol. The summed E-state index contributed by atoms with van der Waals surface area (Å²) in [5.41, 5.74) is 0. The van der Waals surface area contributed by atoms with Crippen molar-refractivity contribution in [1.29, 1.82) is 0 Å². The second-order valence-electron chi connectivity index (χ2n) is 12.5. The van der Waals surface area contributed by atoms with Crippen LogP contribution in [0.5, 0.6) is 0 Å². The first-order chi connectivity index (χ1) is 22.4. The third-order valence-corrected chi connectivity index (χ3v) is 7.63. The van der Waals surface area contributed by atoms with Crippen LogP contribution < -0.4 is 0 Å². The fourth-order valence-electron chi connectivity index (χ4n) is 4.34. The first-order valence-electron chi connectivity index (χ1n) is 17.9. The normalized spacial score (nSPS) is 16.2. The molecule has 284 valence electrons. The predicted octanol–water partition coefficient (Wildman–Crippen LogP) is 6.19. The molecule has 0 spiro atoms. The summed E-state index contributed by atoms with van der Waals surface area (Å²) in [7, 11) is -4.44. The van der Waals surface area contributed by atoms with E-state index in [1.165, 1.54) is 57.8 Å². The second-order valence-corrected chi connectivity index (χ2v) is 13.6. The molecule has 0 aliphatic carbocycles. The molecule has 0 aromatic carbocycles. The maximum atomic E-state index is 10.4. The van der Waals surface area contributed by atoms with Crippen LogP contribution in [0.15, 0.2) is 0 Å². The standard InChI is InChI=1S/C34H70O12S/c1-8-9-10-11-12-13-14-15-16-17-18-39-23-29(2)41-25-31(4)43-27-33(6)45-28-34(7)44-26-32(5)42-24-30(3)40-21-19-38-20-22-46-47(35,36)37/h29-34H,8-28H2,1-7H3,(H,35,36,37). The van der Waals surface area contributed by atoms with Crippen LogP contribution in [0.25, 0.3) is 0 Å². The Hall–Kier alpha value is -0.450. The highest BCUT2D eigenvalue weighted by atomic mass is 32.3. The Balaban J connectivity index is 3.69. The van der Waals surface area contributed by atoms with E-state index in [9.17, 15) is 8.42 Å². The van der Waals surface area contributed by atoms with Crippen molar-refractivity contribution in [3.8, 4) is 0 Å². The van der Waals surface area contributed by atoms with Gasteiger partial charge < -0.3 is 37.9 Å². The molecule has 0 aromatic rings. The summed E-state index contributed by atoms with van der Waals surface area (Å²) in [6.07, 6.45) is 12.8. The molecule has 13 heteroatoms. The molecule has 0 bridgehead atoms. The fraction of sp³-hybridized carbons (Fsp3) is 1.00. The Morgan fingerprint density at radius 2 is 0.787 bits per heavy atom. The van der Waals surface area contributed by atoms with E-state index in [4.69, 9.17) is 42.4 Å². The van der Waals surface area contributed by atoms with Gasteiger partial charge in [0.15, 0.2) is 0 Å². The Kier molecular flexibility index (Phi) is 31.2. The largest absolute Gasteiger partial charge is 0.397 e. The van der Waals surface area contributed by atoms with Gasteiger partial charge in [-0.15, -0.1) is 0 Å². The molecular weight excluding hydrogens is 632 g/mol. The summed E-state index contributed by atoms with van der Waals surface area (Å²) >= 11 is 0. The van der Waals surface area contributed by atoms with Crippen molar-refractivity contribution in [2.24, 2.45) is 0 Å². The molecule has 0 aromatic heterocycles. The lowest BCUT2D eigenvalue weighted by molar-refractivity contribution is -0.105. The molecule has 47 heavy (non-hydrogen) atoms. The van der Waals surface area contributed by atoms with Crippen LogP contribution in [0.1, 0.15) is 113 Å². The summed E-state index contributed by atoms with van der Waals surface area (Å²) in [6.45, 7) is 18.1. The van der Waals surface area contributed by atoms with E-state index < -0.39 is 10.4 Å². The van der Waals surface area contributed by atoms with Gasteiger partial charge in [-0.1, -0.05) is 64.7 Å². The Bertz CT molecular complexity index is 772. The zero-order chi connectivity index (χ0) is 35.2. The Morgan fingerprint density at radius 1 is 0.426 bits per heavy atom. The van der Waals surface area contributed by atoms with Crippen molar-refractivity contribution in [3.05, 3.63) is 0 Å². The summed E-state index contributed by atoms with van der Waals surface area (Å²) in [4.78, 5) is 0. The number of hydrogen-bond acceptors (Lipinski definition) is 11. The van der Waals surface area contributed by atoms with Gasteiger partial charge in [-0.05, 0) is 48.0 Å². The van der Waals surface area contributed by atoms with Crippen LogP contribution in [-0.4, -0.2) is 122 Å². The minimum absolute atomic E-state index is 0.0271. The Morgan fingerprint density at radius 3 is 1.21 bits per heavy atom. The SMILES string of the molecule is CCCCCCCCCCCCOCC(C)OCC(C)OCC(C)OCC(C)OCC(C)OCC(C)OCCOCCOS(=O)(=O)O. The summed E-state index contributed by atoms with van der Waals surface area (Å²) in [6, 6.07) is 0. The van der Waals surface area contributed by atoms with Gasteiger partial charge in [0, 0.05) is 6.61 Å². The van der Waals surface area contributed by atoms with E-state index >= 15 is 0 Å². The van der Waals surface area contributed by atoms with Gasteiger partial charge in [0.05, 0.1) is 103 Å². The number of unbranched alkanes of at least 4 members (excludes halogenated alkanes) is 9. The molecule has 0 radical (unpaired) electrons. The first kappa shape index (κ1) is 46.5. The summed E-state index contributed by atoms with van der Waals surface area (Å²) in [5.74, 6) is 0. The zero-order valence-electron chi connectivity index (χ0n) is 30.7. The molecule has 1 N–H and O–H groups in total. The molecular formula is C34H70O12S. The van der Waals surface area contributed by atoms with E-state index in [0.29, 0.717) is 46.2 Å². The van der Waals surface area contributed by atoms with Gasteiger partial charge in [-0.3, -0.25) is 4.55 Å². The number of rotatable bonds is 36. The molecule has 6 atom stereocenters. The van der Waals surface area contributed by atoms with Crippen molar-refractivity contribution < 1.29 is 55.0 Å². The van der Waals surface area contributed by atoms with Crippen molar-refractivity contribution >= 4 is 10.4 Å². The maximum absolute atomic E-state index is 10.4. The molecule has 6 unspecified atom stereocenters. The van der Waals surface area contributed by atoms with E-state index in [2.05, 4.69) is 11.1 Å². The topological polar surface area (TPSA) is 137 Å². The minimum Gasteiger partial charge on any atom is -0.379 e. The van der Waals surface area contributed by atoms with E-state index in [1.807, 2.05) is 41.5 Å². The average Bonchev–Trinajstić information content (AvgIpc) is 3.02. The average molecular weight is 703 g/mol. The number of hydrogen-bond donors (Lipinski definition) is 1. The number of ether oxygens (including phenoxy) is 8. The predicted molar refractivity (Wildman–Crippen MR) is 183 cm³/mol. The molecule has 0 aliphatic heterocycles. The van der Waals surface area contributed by atoms with Gasteiger partial charge in [-0.2, -0.15) is 8.42 Å². The zero-order valence-corrected chi connectivity index (χ0v) is 31.5. The van der Waals surface area contributed by atoms with Crippen LogP contribution in [0, 0.1) is 0 Å². The Labute approximate surface area is 287 Å². The van der Waals surface area contributed by atoms with E-state index in [1.54, 1.807) is 0 Å². The van der Waals surface area contributed by atoms with Gasteiger partial charge in [-0.25, -0.2) is 4.18 Å². The third-order valence-electron chi connectivity index (χ3n) is 7.16. The molecule has 0 rings (SSSR count). The molecule has 0 aliphatic rings. The van der Waals surface area contributed by atoms with Crippen molar-refractivity contribution in [3.63, 3.8) is 0 Å². The molecule has 0 fully saturated rings. The first-order valence-corrected chi connectivity index (χ1v) is 19.3. The van der Waals surface area contributed by atoms with Gasteiger partial charge in [0.2, 0.25) is 0 Å². The third kappa shape index (κ3) is 35.2. The molecule has 0 saturated heterocycles. The van der Waals surface area contributed by atoms with E-state index in [-0.39, 0.29) is 56.4 Å². The van der Waals surface area contributed by atoms with Gasteiger partial charge in [0.25, 0.3) is 0 Å². The van der Waals surface area contributed by atoms with Crippen molar-refractivity contribution in [1.82, 2.24) is 0 Å². The molecule has 0 amide bonds. The lowest BCUT2D eigenvalue weighted by atomic mass is 10.1. The highest BCUT2D eigenvalue weighted by Crippen LogP contribution is 2.11. The second kappa shape index (κ2) is 31.5. The van der Waals surface area contributed by atoms with Gasteiger partial charge in [0.1, 0.15) is 0 Å². The summed E-state index contributed by atoms with van der Waals surface area (Å²) in [5, 5.41) is 0. The van der Waals surface area contributed by atoms with Crippen molar-refractivity contribution in [2.75, 3.05) is 72.7 Å². The van der Waals surface area contributed by atoms with Crippen LogP contribution in [0.2, 0.25) is 0 Å². The molecule has 12 nitrogen and oxygen atoms in total. The molecule has 0 heterocycles. The highest BCUT2D eigenvalue weighted by Gasteiger charge is 2.14. The highest BCUT2D eigenvalue weighted by molar-refractivity contribution is 7.80. The van der Waals surface area contributed by atoms with Crippen LogP contribution in [0.3, 0.4) is 0 Å². The lowest BCUT2D eigenvalue weighted by Crippen LogP contribution is -2.30. The fourth-order valence-corrected chi connectivity index (χ4v) is 4.62. The van der Waals surface area contributed by atoms with Gasteiger partial charge >= 0.3 is 10.4 Å². The van der Waals surface area contributed by atoms with Crippen LogP contribution in [0.4, 0.5) is 0 Å². The van der Waals surface area contributed by atoms with E-state index in [0.717, 1.165) is 13.0 Å². The lowest BCUT2D eigenvalue weighted by Gasteiger charge is -2.22. The van der Waals surface area contributed by atoms with Crippen molar-refractivity contribution in [2.45, 2.75) is 149 Å². The van der Waals surface area contributed by atoms with Crippen LogP contribution >= 0.6 is 0 Å².